The molecule has 1 atom stereocenters. The zero-order valence-electron chi connectivity index (χ0n) is 16.5. The Hall–Kier alpha value is -1.01. The molecule has 8 heteroatoms. The molecule has 0 aliphatic carbocycles. The first-order valence-electron chi connectivity index (χ1n) is 9.75. The topological polar surface area (TPSA) is 57.3 Å². The number of nitrogens with one attached hydrogen (secondary N) is 2. The maximum absolute atomic E-state index is 12.9. The molecule has 149 valence electrons. The summed E-state index contributed by atoms with van der Waals surface area (Å²) in [4.78, 5) is 15.3. The van der Waals surface area contributed by atoms with Gasteiger partial charge >= 0.3 is 183 Å². The number of hydrogen-bond acceptors (Lipinski definition) is 5. The molecule has 2 N–H and O–H groups in total. The van der Waals surface area contributed by atoms with Gasteiger partial charge in [0.05, 0.1) is 0 Å². The van der Waals surface area contributed by atoms with Crippen LogP contribution in [-0.4, -0.2) is 65.9 Å². The van der Waals surface area contributed by atoms with Crippen molar-refractivity contribution in [1.82, 2.24) is 19.9 Å². The van der Waals surface area contributed by atoms with Crippen molar-refractivity contribution < 1.29 is 4.79 Å². The van der Waals surface area contributed by atoms with E-state index in [1.165, 1.54) is 41.8 Å². The Morgan fingerprint density at radius 2 is 2.07 bits per heavy atom. The number of fused-ring (bicyclic) bond motifs is 4. The van der Waals surface area contributed by atoms with Crippen LogP contribution in [0.1, 0.15) is 44.1 Å². The normalized spacial score (nSPS) is 24.8. The quantitative estimate of drug-likeness (QED) is 0.522. The minimum absolute atomic E-state index is 0.0122. The fourth-order valence-electron chi connectivity index (χ4n) is 3.99. The van der Waals surface area contributed by atoms with Crippen molar-refractivity contribution >= 4 is 63.6 Å². The van der Waals surface area contributed by atoms with E-state index in [1.807, 2.05) is 6.07 Å². The van der Waals surface area contributed by atoms with Crippen LogP contribution in [-0.2, 0) is 0 Å². The van der Waals surface area contributed by atoms with Crippen molar-refractivity contribution in [2.45, 2.75) is 45.2 Å². The first-order valence-corrected chi connectivity index (χ1v) is 12.8. The minimum atomic E-state index is -0.245. The van der Waals surface area contributed by atoms with Crippen molar-refractivity contribution in [1.29, 1.82) is 0 Å². The van der Waals surface area contributed by atoms with Gasteiger partial charge in [0.1, 0.15) is 0 Å². The van der Waals surface area contributed by atoms with Crippen molar-refractivity contribution in [3.63, 3.8) is 0 Å². The summed E-state index contributed by atoms with van der Waals surface area (Å²) in [7, 11) is 0. The number of piperidine rings is 3. The van der Waals surface area contributed by atoms with Crippen LogP contribution in [0, 0.1) is 5.92 Å². The molecule has 2 aromatic rings. The summed E-state index contributed by atoms with van der Waals surface area (Å²) in [5, 5.41) is 7.59. The van der Waals surface area contributed by atoms with Crippen LogP contribution in [0.2, 0.25) is 0 Å². The molecule has 1 aromatic carbocycles. The Kier molecular flexibility index (Phi) is 5.80. The fourth-order valence-corrected chi connectivity index (χ4v) is 7.88. The molecule has 4 heterocycles. The number of thiocarbonyl (C=S) groups is 1. The van der Waals surface area contributed by atoms with Crippen LogP contribution in [0.15, 0.2) is 18.2 Å². The van der Waals surface area contributed by atoms with Gasteiger partial charge in [-0.1, -0.05) is 0 Å². The Morgan fingerprint density at radius 1 is 1.32 bits per heavy atom. The summed E-state index contributed by atoms with van der Waals surface area (Å²) in [6.07, 6.45) is 2.38. The number of carbonyl (C=O) groups excluding carboxylic acids is 1. The van der Waals surface area contributed by atoms with E-state index >= 15 is 0 Å². The molecule has 3 saturated heterocycles. The van der Waals surface area contributed by atoms with Gasteiger partial charge in [-0.05, 0) is 0 Å². The molecular weight excluding hydrogens is 451 g/mol. The molecular formula is C20H26AsN4OS2. The molecule has 0 unspecified atom stereocenters. The predicted molar refractivity (Wildman–Crippen MR) is 121 cm³/mol. The zero-order chi connectivity index (χ0) is 19.9. The van der Waals surface area contributed by atoms with E-state index in [0.717, 1.165) is 20.4 Å². The van der Waals surface area contributed by atoms with Gasteiger partial charge in [-0.25, -0.2) is 0 Å². The van der Waals surface area contributed by atoms with Crippen LogP contribution in [0.25, 0.3) is 10.1 Å². The van der Waals surface area contributed by atoms with E-state index < -0.39 is 0 Å². The molecule has 3 aliphatic heterocycles. The summed E-state index contributed by atoms with van der Waals surface area (Å²) in [5.41, 5.74) is 0.552. The van der Waals surface area contributed by atoms with Gasteiger partial charge in [-0.15, -0.1) is 0 Å². The summed E-state index contributed by atoms with van der Waals surface area (Å²) in [5.74, 6) is 0.585. The monoisotopic (exact) mass is 477 g/mol. The van der Waals surface area contributed by atoms with Gasteiger partial charge in [-0.2, -0.15) is 0 Å². The SMILES string of the molecule is CC(C)(C)NC(=S)[As]c1ccc2c(C(=O)N[C@@H]3CN4CCC3CC4)nsc2c1. The molecule has 3 aliphatic rings. The summed E-state index contributed by atoms with van der Waals surface area (Å²) < 4.78 is 7.70. The van der Waals surface area contributed by atoms with Crippen LogP contribution in [0.3, 0.4) is 0 Å². The molecule has 2 bridgehead atoms. The van der Waals surface area contributed by atoms with E-state index in [2.05, 4.69) is 52.8 Å². The molecule has 1 radical (unpaired) electrons. The van der Waals surface area contributed by atoms with E-state index in [9.17, 15) is 4.79 Å². The Labute approximate surface area is 182 Å². The second-order valence-electron chi connectivity index (χ2n) is 8.72. The van der Waals surface area contributed by atoms with E-state index in [-0.39, 0.29) is 33.2 Å². The van der Waals surface area contributed by atoms with Gasteiger partial charge < -0.3 is 0 Å². The van der Waals surface area contributed by atoms with Crippen molar-refractivity contribution in [2.75, 3.05) is 19.6 Å². The van der Waals surface area contributed by atoms with Crippen molar-refractivity contribution in [3.05, 3.63) is 23.9 Å². The average Bonchev–Trinajstić information content (AvgIpc) is 3.04. The standard InChI is InChI=1S/C20H26AsN4OS2/c1-20(2,3)23-19(27)21-13-4-5-14-16(10-13)28-24-17(14)18(26)22-15-11-25-8-6-12(15)7-9-25/h4-5,10,12,15H,6-9,11H2,1-3H3,(H,22,26)(H,23,27)/t15-/m1/s1. The van der Waals surface area contributed by atoms with Gasteiger partial charge in [0.15, 0.2) is 0 Å². The second-order valence-corrected chi connectivity index (χ2v) is 13.1. The fraction of sp³-hybridized carbons (Fsp3) is 0.550. The molecule has 0 spiro atoms. The van der Waals surface area contributed by atoms with Crippen LogP contribution >= 0.6 is 23.8 Å². The summed E-state index contributed by atoms with van der Waals surface area (Å²) in [6.45, 7) is 9.68. The van der Waals surface area contributed by atoms with Crippen LogP contribution < -0.4 is 15.0 Å². The number of carbonyl (C=O) groups is 1. The summed E-state index contributed by atoms with van der Waals surface area (Å²) in [6, 6.07) is 6.54. The molecule has 28 heavy (non-hydrogen) atoms. The Bertz CT molecular complexity index is 899. The molecule has 1 aromatic heterocycles. The maximum atomic E-state index is 12.9. The predicted octanol–water partition coefficient (Wildman–Crippen LogP) is 2.12. The number of amides is 1. The molecule has 5 nitrogen and oxygen atoms in total. The van der Waals surface area contributed by atoms with Crippen molar-refractivity contribution in [2.24, 2.45) is 5.92 Å². The van der Waals surface area contributed by atoms with Crippen molar-refractivity contribution in [3.8, 4) is 0 Å². The second kappa shape index (κ2) is 8.02. The zero-order valence-corrected chi connectivity index (χ0v) is 20.0. The van der Waals surface area contributed by atoms with E-state index in [4.69, 9.17) is 12.2 Å². The van der Waals surface area contributed by atoms with Gasteiger partial charge in [0.2, 0.25) is 0 Å². The Balaban J connectivity index is 1.45. The number of benzene rings is 1. The first-order chi connectivity index (χ1) is 13.3. The van der Waals surface area contributed by atoms with Gasteiger partial charge in [-0.3, -0.25) is 0 Å². The van der Waals surface area contributed by atoms with Crippen LogP contribution in [0.5, 0.6) is 0 Å². The molecule has 1 amide bonds. The number of nitrogens with zero attached hydrogens (tertiary/aromatic N) is 2. The van der Waals surface area contributed by atoms with E-state index in [1.54, 1.807) is 0 Å². The number of rotatable bonds is 4. The summed E-state index contributed by atoms with van der Waals surface area (Å²) >= 11 is 6.68. The van der Waals surface area contributed by atoms with E-state index in [0.29, 0.717) is 11.6 Å². The van der Waals surface area contributed by atoms with Gasteiger partial charge in [0.25, 0.3) is 0 Å². The third-order valence-corrected chi connectivity index (χ3v) is 8.53. The molecule has 0 saturated carbocycles. The van der Waals surface area contributed by atoms with Gasteiger partial charge in [0, 0.05) is 0 Å². The third kappa shape index (κ3) is 4.59. The number of hydrogen-bond donors (Lipinski definition) is 2. The molecule has 3 fully saturated rings. The third-order valence-electron chi connectivity index (χ3n) is 5.36. The Morgan fingerprint density at radius 3 is 2.71 bits per heavy atom. The average molecular weight is 478 g/mol. The first kappa shape index (κ1) is 20.3. The van der Waals surface area contributed by atoms with Crippen LogP contribution in [0.4, 0.5) is 0 Å². The number of aromatic nitrogens is 1. The molecule has 5 rings (SSSR count).